The summed E-state index contributed by atoms with van der Waals surface area (Å²) in [5.41, 5.74) is 5.66. The van der Waals surface area contributed by atoms with Gasteiger partial charge in [-0.05, 0) is 74.2 Å². The van der Waals surface area contributed by atoms with E-state index in [4.69, 9.17) is 4.74 Å². The van der Waals surface area contributed by atoms with Crippen molar-refractivity contribution in [2.75, 3.05) is 0 Å². The van der Waals surface area contributed by atoms with Crippen LogP contribution in [0.4, 0.5) is 0 Å². The number of rotatable bonds is 5. The van der Waals surface area contributed by atoms with E-state index in [1.165, 1.54) is 11.1 Å². The molecule has 4 nitrogen and oxygen atoms in total. The summed E-state index contributed by atoms with van der Waals surface area (Å²) in [4.78, 5) is 7.83. The number of hydrogen-bond donors (Lipinski definition) is 1. The highest BCUT2D eigenvalue weighted by molar-refractivity contribution is 5.90. The van der Waals surface area contributed by atoms with Crippen molar-refractivity contribution in [2.45, 2.75) is 40.2 Å². The monoisotopic (exact) mass is 345 g/mol. The Morgan fingerprint density at radius 2 is 1.92 bits per heavy atom. The third-order valence-electron chi connectivity index (χ3n) is 4.58. The van der Waals surface area contributed by atoms with Crippen molar-refractivity contribution in [3.8, 4) is 11.8 Å². The van der Waals surface area contributed by atoms with Gasteiger partial charge in [0.2, 0.25) is 0 Å². The van der Waals surface area contributed by atoms with Crippen LogP contribution in [0.15, 0.2) is 36.4 Å². The first-order valence-electron chi connectivity index (χ1n) is 8.86. The first-order valence-corrected chi connectivity index (χ1v) is 8.86. The molecule has 1 heterocycles. The van der Waals surface area contributed by atoms with Crippen molar-refractivity contribution in [1.82, 2.24) is 9.97 Å². The van der Waals surface area contributed by atoms with Crippen molar-refractivity contribution in [1.29, 1.82) is 5.26 Å². The molecule has 0 saturated carbocycles. The van der Waals surface area contributed by atoms with Crippen LogP contribution in [-0.4, -0.2) is 16.1 Å². The van der Waals surface area contributed by atoms with E-state index in [2.05, 4.69) is 42.9 Å². The second-order valence-electron chi connectivity index (χ2n) is 6.61. The first kappa shape index (κ1) is 17.8. The summed E-state index contributed by atoms with van der Waals surface area (Å²) < 4.78 is 5.79. The number of imidazole rings is 1. The number of benzene rings is 2. The molecule has 0 spiro atoms. The average molecular weight is 345 g/mol. The van der Waals surface area contributed by atoms with Gasteiger partial charge in [-0.1, -0.05) is 19.1 Å². The molecular formula is C22H23N3O. The van der Waals surface area contributed by atoms with Gasteiger partial charge in [-0.2, -0.15) is 5.26 Å². The van der Waals surface area contributed by atoms with Gasteiger partial charge in [-0.25, -0.2) is 4.98 Å². The molecule has 0 radical (unpaired) electrons. The quantitative estimate of drug-likeness (QED) is 0.628. The van der Waals surface area contributed by atoms with Crippen LogP contribution >= 0.6 is 0 Å². The van der Waals surface area contributed by atoms with Crippen molar-refractivity contribution in [2.24, 2.45) is 0 Å². The zero-order chi connectivity index (χ0) is 18.7. The second-order valence-corrected chi connectivity index (χ2v) is 6.61. The van der Waals surface area contributed by atoms with Crippen LogP contribution in [0, 0.1) is 25.2 Å². The van der Waals surface area contributed by atoms with Crippen LogP contribution < -0.4 is 4.74 Å². The predicted octanol–water partition coefficient (Wildman–Crippen LogP) is 5.42. The van der Waals surface area contributed by atoms with Crippen LogP contribution in [0.1, 0.15) is 42.8 Å². The number of nitriles is 1. The van der Waals surface area contributed by atoms with Crippen molar-refractivity contribution in [3.05, 3.63) is 58.9 Å². The molecule has 3 aromatic rings. The highest BCUT2D eigenvalue weighted by Gasteiger charge is 2.09. The number of allylic oxidation sites excluding steroid dienone is 1. The molecule has 0 amide bonds. The van der Waals surface area contributed by atoms with Gasteiger partial charge in [-0.3, -0.25) is 0 Å². The van der Waals surface area contributed by atoms with Crippen molar-refractivity contribution < 1.29 is 4.74 Å². The molecule has 4 heteroatoms. The highest BCUT2D eigenvalue weighted by atomic mass is 16.5. The lowest BCUT2D eigenvalue weighted by Gasteiger charge is -2.12. The number of hydrogen-bond acceptors (Lipinski definition) is 3. The number of nitrogens with zero attached hydrogens (tertiary/aromatic N) is 2. The second kappa shape index (κ2) is 7.45. The Morgan fingerprint density at radius 3 is 2.58 bits per heavy atom. The molecule has 0 aliphatic carbocycles. The van der Waals surface area contributed by atoms with E-state index >= 15 is 0 Å². The Kier molecular flexibility index (Phi) is 5.09. The maximum Gasteiger partial charge on any atom is 0.149 e. The Balaban J connectivity index is 1.90. The van der Waals surface area contributed by atoms with Crippen LogP contribution in [0.2, 0.25) is 0 Å². The molecule has 1 aromatic heterocycles. The standard InChI is InChI=1S/C22H23N3O/c1-5-16(4)26-19-8-6-17(7-9-19)12-18(13-23)22-24-20-10-14(2)15(3)11-21(20)25-22/h6-12,16H,5H2,1-4H3,(H,24,25)/b18-12-/t16-/m1/s1. The van der Waals surface area contributed by atoms with E-state index < -0.39 is 0 Å². The lowest BCUT2D eigenvalue weighted by molar-refractivity contribution is 0.217. The molecule has 26 heavy (non-hydrogen) atoms. The molecule has 0 aliphatic rings. The smallest absolute Gasteiger partial charge is 0.149 e. The Morgan fingerprint density at radius 1 is 1.23 bits per heavy atom. The van der Waals surface area contributed by atoms with Crippen LogP contribution in [0.25, 0.3) is 22.7 Å². The van der Waals surface area contributed by atoms with Gasteiger partial charge < -0.3 is 9.72 Å². The van der Waals surface area contributed by atoms with Gasteiger partial charge >= 0.3 is 0 Å². The van der Waals surface area contributed by atoms with E-state index in [9.17, 15) is 5.26 Å². The minimum Gasteiger partial charge on any atom is -0.491 e. The lowest BCUT2D eigenvalue weighted by atomic mass is 10.1. The summed E-state index contributed by atoms with van der Waals surface area (Å²) in [6, 6.07) is 14.1. The van der Waals surface area contributed by atoms with E-state index in [1.54, 1.807) is 0 Å². The maximum absolute atomic E-state index is 9.58. The minimum atomic E-state index is 0.188. The Bertz CT molecular complexity index is 952. The third kappa shape index (κ3) is 3.78. The van der Waals surface area contributed by atoms with Crippen molar-refractivity contribution in [3.63, 3.8) is 0 Å². The highest BCUT2D eigenvalue weighted by Crippen LogP contribution is 2.23. The molecule has 132 valence electrons. The summed E-state index contributed by atoms with van der Waals surface area (Å²) in [5, 5.41) is 9.58. The summed E-state index contributed by atoms with van der Waals surface area (Å²) in [5.74, 6) is 1.43. The van der Waals surface area contributed by atoms with Crippen molar-refractivity contribution >= 4 is 22.7 Å². The molecule has 0 saturated heterocycles. The summed E-state index contributed by atoms with van der Waals surface area (Å²) >= 11 is 0. The lowest BCUT2D eigenvalue weighted by Crippen LogP contribution is -2.09. The maximum atomic E-state index is 9.58. The van der Waals surface area contributed by atoms with Gasteiger partial charge in [0.15, 0.2) is 0 Å². The minimum absolute atomic E-state index is 0.188. The summed E-state index contributed by atoms with van der Waals surface area (Å²) in [6.07, 6.45) is 2.99. The summed E-state index contributed by atoms with van der Waals surface area (Å²) in [6.45, 7) is 8.27. The van der Waals surface area contributed by atoms with Crippen LogP contribution in [0.5, 0.6) is 5.75 Å². The van der Waals surface area contributed by atoms with Gasteiger partial charge in [0.1, 0.15) is 17.6 Å². The fraction of sp³-hybridized carbons (Fsp3) is 0.273. The number of ether oxygens (including phenoxy) is 1. The Hall–Kier alpha value is -3.06. The van der Waals surface area contributed by atoms with E-state index in [0.29, 0.717) is 11.4 Å². The van der Waals surface area contributed by atoms with Gasteiger partial charge in [-0.15, -0.1) is 0 Å². The van der Waals surface area contributed by atoms with E-state index in [0.717, 1.165) is 28.8 Å². The normalized spacial score (nSPS) is 12.8. The summed E-state index contributed by atoms with van der Waals surface area (Å²) in [7, 11) is 0. The fourth-order valence-corrected chi connectivity index (χ4v) is 2.68. The largest absolute Gasteiger partial charge is 0.491 e. The average Bonchev–Trinajstić information content (AvgIpc) is 3.03. The number of H-pyrrole nitrogens is 1. The number of fused-ring (bicyclic) bond motifs is 1. The zero-order valence-corrected chi connectivity index (χ0v) is 15.6. The number of nitrogens with one attached hydrogen (secondary N) is 1. The predicted molar refractivity (Wildman–Crippen MR) is 106 cm³/mol. The Labute approximate surface area is 154 Å². The van der Waals surface area contributed by atoms with Gasteiger partial charge in [0.25, 0.3) is 0 Å². The zero-order valence-electron chi connectivity index (χ0n) is 15.6. The number of aromatic amines is 1. The number of aromatic nitrogens is 2. The van der Waals surface area contributed by atoms with Gasteiger partial charge in [0.05, 0.1) is 22.7 Å². The third-order valence-corrected chi connectivity index (χ3v) is 4.58. The molecule has 1 atom stereocenters. The molecule has 0 unspecified atom stereocenters. The van der Waals surface area contributed by atoms with E-state index in [1.807, 2.05) is 43.3 Å². The molecule has 0 bridgehead atoms. The number of aryl methyl sites for hydroxylation is 2. The molecule has 1 N–H and O–H groups in total. The molecule has 2 aromatic carbocycles. The molecule has 3 rings (SSSR count). The first-order chi connectivity index (χ1) is 12.5. The molecular weight excluding hydrogens is 322 g/mol. The SMILES string of the molecule is CC[C@@H](C)Oc1ccc(/C=C(/C#N)c2nc3cc(C)c(C)cc3[nH]2)cc1. The van der Waals surface area contributed by atoms with Crippen LogP contribution in [0.3, 0.4) is 0 Å². The molecule has 0 fully saturated rings. The van der Waals surface area contributed by atoms with Gasteiger partial charge in [0, 0.05) is 0 Å². The van der Waals surface area contributed by atoms with Crippen LogP contribution in [-0.2, 0) is 0 Å². The fourth-order valence-electron chi connectivity index (χ4n) is 2.68. The van der Waals surface area contributed by atoms with E-state index in [-0.39, 0.29) is 6.10 Å². The topological polar surface area (TPSA) is 61.7 Å². The molecule has 0 aliphatic heterocycles.